The molecule has 1 aliphatic rings. The summed E-state index contributed by atoms with van der Waals surface area (Å²) in [4.78, 5) is 12.5. The number of nitrogens with one attached hydrogen (secondary N) is 1. The Morgan fingerprint density at radius 3 is 2.62 bits per heavy atom. The van der Waals surface area contributed by atoms with Gasteiger partial charge in [-0.1, -0.05) is 74.0 Å². The quantitative estimate of drug-likeness (QED) is 0.524. The van der Waals surface area contributed by atoms with Crippen LogP contribution >= 0.6 is 0 Å². The van der Waals surface area contributed by atoms with Crippen LogP contribution in [0.4, 0.5) is 0 Å². The van der Waals surface area contributed by atoms with Crippen LogP contribution in [-0.2, 0) is 4.79 Å². The lowest BCUT2D eigenvalue weighted by Crippen LogP contribution is -2.28. The summed E-state index contributed by atoms with van der Waals surface area (Å²) in [5, 5.41) is 4.44. The molecule has 0 unspecified atom stereocenters. The van der Waals surface area contributed by atoms with Crippen LogP contribution in [0.3, 0.4) is 0 Å². The number of amides is 1. The van der Waals surface area contributed by atoms with Crippen molar-refractivity contribution in [3.8, 4) is 11.5 Å². The molecule has 5 heteroatoms. The van der Waals surface area contributed by atoms with Crippen molar-refractivity contribution in [3.05, 3.63) is 95.1 Å². The Morgan fingerprint density at radius 2 is 1.84 bits per heavy atom. The first-order valence-corrected chi connectivity index (χ1v) is 10.9. The molecular weight excluding hydrogens is 400 g/mol. The van der Waals surface area contributed by atoms with Crippen LogP contribution in [0.15, 0.2) is 77.9 Å². The van der Waals surface area contributed by atoms with E-state index >= 15 is 0 Å². The highest BCUT2D eigenvalue weighted by Gasteiger charge is 2.26. The average Bonchev–Trinajstić information content (AvgIpc) is 2.82. The molecule has 164 valence electrons. The summed E-state index contributed by atoms with van der Waals surface area (Å²) in [5.41, 5.74) is 7.67. The number of hydrogen-bond acceptors (Lipinski definition) is 4. The average molecular weight is 429 g/mol. The van der Waals surface area contributed by atoms with Crippen LogP contribution in [0.25, 0.3) is 0 Å². The molecule has 3 aromatic rings. The van der Waals surface area contributed by atoms with Crippen LogP contribution in [0.2, 0.25) is 0 Å². The highest BCUT2D eigenvalue weighted by Crippen LogP contribution is 2.35. The molecule has 0 spiro atoms. The molecule has 1 N–H and O–H groups in total. The van der Waals surface area contributed by atoms with Crippen LogP contribution in [0, 0.1) is 6.92 Å². The third kappa shape index (κ3) is 4.99. The van der Waals surface area contributed by atoms with Crippen molar-refractivity contribution in [1.82, 2.24) is 5.43 Å². The predicted octanol–water partition coefficient (Wildman–Crippen LogP) is 5.54. The van der Waals surface area contributed by atoms with Gasteiger partial charge in [-0.2, -0.15) is 5.10 Å². The topological polar surface area (TPSA) is 59.9 Å². The van der Waals surface area contributed by atoms with E-state index < -0.39 is 0 Å². The van der Waals surface area contributed by atoms with Gasteiger partial charge >= 0.3 is 0 Å². The Balaban J connectivity index is 1.47. The molecule has 0 aromatic heterocycles. The first kappa shape index (κ1) is 21.6. The normalized spacial score (nSPS) is 16.4. The van der Waals surface area contributed by atoms with Gasteiger partial charge in [-0.15, -0.1) is 0 Å². The number of aryl methyl sites for hydroxylation is 1. The van der Waals surface area contributed by atoms with Crippen LogP contribution in [0.5, 0.6) is 11.5 Å². The molecule has 1 atom stereocenters. The van der Waals surface area contributed by atoms with E-state index in [-0.39, 0.29) is 18.6 Å². The number of ether oxygens (including phenoxy) is 2. The second kappa shape index (κ2) is 9.69. The Kier molecular flexibility index (Phi) is 6.55. The van der Waals surface area contributed by atoms with Crippen molar-refractivity contribution in [2.45, 2.75) is 39.2 Å². The molecule has 1 aliphatic heterocycles. The number of nitrogens with zero attached hydrogens (tertiary/aromatic N) is 1. The molecule has 1 heterocycles. The maximum absolute atomic E-state index is 12.5. The van der Waals surface area contributed by atoms with Crippen molar-refractivity contribution >= 4 is 11.6 Å². The lowest BCUT2D eigenvalue weighted by Gasteiger charge is -2.27. The standard InChI is InChI=1S/C27H28N2O3/c1-18(2)22-15-19(3)13-14-24(22)31-17-27(30)29-28-23-16-26(20-9-5-4-6-10-20)32-25-12-8-7-11-21(23)25/h4-15,18,26H,16-17H2,1-3H3,(H,29,30)/b28-23+/t26-/m1/s1. The first-order chi connectivity index (χ1) is 15.5. The van der Waals surface area contributed by atoms with Gasteiger partial charge in [0.2, 0.25) is 0 Å². The van der Waals surface area contributed by atoms with Gasteiger partial charge in [-0.25, -0.2) is 5.43 Å². The summed E-state index contributed by atoms with van der Waals surface area (Å²) < 4.78 is 12.0. The highest BCUT2D eigenvalue weighted by molar-refractivity contribution is 6.04. The summed E-state index contributed by atoms with van der Waals surface area (Å²) in [6, 6.07) is 23.8. The van der Waals surface area contributed by atoms with E-state index in [2.05, 4.69) is 30.4 Å². The molecule has 4 rings (SSSR count). The summed E-state index contributed by atoms with van der Waals surface area (Å²) in [7, 11) is 0. The fourth-order valence-electron chi connectivity index (χ4n) is 3.80. The summed E-state index contributed by atoms with van der Waals surface area (Å²) in [5.74, 6) is 1.50. The zero-order valence-electron chi connectivity index (χ0n) is 18.7. The summed E-state index contributed by atoms with van der Waals surface area (Å²) >= 11 is 0. The van der Waals surface area contributed by atoms with Gasteiger partial charge in [0.05, 0.1) is 5.71 Å². The van der Waals surface area contributed by atoms with Gasteiger partial charge in [-0.3, -0.25) is 4.79 Å². The number of para-hydroxylation sites is 1. The molecule has 3 aromatic carbocycles. The van der Waals surface area contributed by atoms with Crippen molar-refractivity contribution in [2.24, 2.45) is 5.10 Å². The molecule has 5 nitrogen and oxygen atoms in total. The van der Waals surface area contributed by atoms with E-state index in [1.165, 1.54) is 5.56 Å². The van der Waals surface area contributed by atoms with Crippen molar-refractivity contribution < 1.29 is 14.3 Å². The van der Waals surface area contributed by atoms with Gasteiger partial charge in [0.15, 0.2) is 6.61 Å². The van der Waals surface area contributed by atoms with Gasteiger partial charge in [0, 0.05) is 12.0 Å². The molecule has 0 aliphatic carbocycles. The van der Waals surface area contributed by atoms with Gasteiger partial charge < -0.3 is 9.47 Å². The van der Waals surface area contributed by atoms with Crippen molar-refractivity contribution in [2.75, 3.05) is 6.61 Å². The Labute approximate surface area is 189 Å². The third-order valence-corrected chi connectivity index (χ3v) is 5.48. The monoisotopic (exact) mass is 428 g/mol. The van der Waals surface area contributed by atoms with Gasteiger partial charge in [0.1, 0.15) is 17.6 Å². The van der Waals surface area contributed by atoms with E-state index in [0.29, 0.717) is 12.3 Å². The number of carbonyl (C=O) groups is 1. The lowest BCUT2D eigenvalue weighted by atomic mass is 9.96. The van der Waals surface area contributed by atoms with E-state index in [0.717, 1.165) is 33.9 Å². The largest absolute Gasteiger partial charge is 0.485 e. The molecule has 0 radical (unpaired) electrons. The fourth-order valence-corrected chi connectivity index (χ4v) is 3.80. The molecular formula is C27H28N2O3. The number of benzene rings is 3. The molecule has 1 amide bonds. The zero-order valence-corrected chi connectivity index (χ0v) is 18.7. The van der Waals surface area contributed by atoms with Crippen LogP contribution in [0.1, 0.15) is 54.5 Å². The molecule has 32 heavy (non-hydrogen) atoms. The van der Waals surface area contributed by atoms with E-state index in [9.17, 15) is 4.79 Å². The Morgan fingerprint density at radius 1 is 1.09 bits per heavy atom. The molecule has 0 fully saturated rings. The maximum Gasteiger partial charge on any atom is 0.277 e. The van der Waals surface area contributed by atoms with Crippen molar-refractivity contribution in [1.29, 1.82) is 0 Å². The van der Waals surface area contributed by atoms with E-state index in [1.807, 2.05) is 73.7 Å². The predicted molar refractivity (Wildman–Crippen MR) is 126 cm³/mol. The SMILES string of the molecule is Cc1ccc(OCC(=O)N/N=C2\C[C@H](c3ccccc3)Oc3ccccc32)c(C(C)C)c1. The highest BCUT2D eigenvalue weighted by atomic mass is 16.5. The second-order valence-corrected chi connectivity index (χ2v) is 8.30. The van der Waals surface area contributed by atoms with E-state index in [1.54, 1.807) is 0 Å². The van der Waals surface area contributed by atoms with Gasteiger partial charge in [0.25, 0.3) is 5.91 Å². The number of fused-ring (bicyclic) bond motifs is 1. The van der Waals surface area contributed by atoms with Gasteiger partial charge in [-0.05, 0) is 42.2 Å². The third-order valence-electron chi connectivity index (χ3n) is 5.48. The minimum Gasteiger partial charge on any atom is -0.485 e. The molecule has 0 saturated carbocycles. The summed E-state index contributed by atoms with van der Waals surface area (Å²) in [6.07, 6.45) is 0.414. The fraction of sp³-hybridized carbons (Fsp3) is 0.259. The lowest BCUT2D eigenvalue weighted by molar-refractivity contribution is -0.123. The summed E-state index contributed by atoms with van der Waals surface area (Å²) in [6.45, 7) is 6.17. The van der Waals surface area contributed by atoms with E-state index in [4.69, 9.17) is 9.47 Å². The Hall–Kier alpha value is -3.60. The Bertz CT molecular complexity index is 1120. The number of hydrogen-bond donors (Lipinski definition) is 1. The molecule has 0 bridgehead atoms. The van der Waals surface area contributed by atoms with Crippen LogP contribution in [-0.4, -0.2) is 18.2 Å². The smallest absolute Gasteiger partial charge is 0.277 e. The zero-order chi connectivity index (χ0) is 22.5. The maximum atomic E-state index is 12.5. The van der Waals surface area contributed by atoms with Crippen molar-refractivity contribution in [3.63, 3.8) is 0 Å². The minimum atomic E-state index is -0.298. The van der Waals surface area contributed by atoms with Crippen LogP contribution < -0.4 is 14.9 Å². The second-order valence-electron chi connectivity index (χ2n) is 8.30. The first-order valence-electron chi connectivity index (χ1n) is 10.9. The number of carbonyl (C=O) groups excluding carboxylic acids is 1. The minimum absolute atomic E-state index is 0.0974. The number of hydrazone groups is 1. The molecule has 0 saturated heterocycles. The number of rotatable bonds is 6.